The van der Waals surface area contributed by atoms with Gasteiger partial charge in [0, 0.05) is 25.3 Å². The van der Waals surface area contributed by atoms with E-state index in [0.717, 1.165) is 10.8 Å². The minimum atomic E-state index is -3.74. The number of anilines is 1. The van der Waals surface area contributed by atoms with Gasteiger partial charge in [-0.25, -0.2) is 8.42 Å². The fraction of sp³-hybridized carbons (Fsp3) is 0.105. The van der Waals surface area contributed by atoms with Crippen LogP contribution in [0.25, 0.3) is 10.8 Å². The quantitative estimate of drug-likeness (QED) is 0.781. The monoisotopic (exact) mass is 354 g/mol. The molecule has 3 aromatic rings. The average molecular weight is 354 g/mol. The van der Waals surface area contributed by atoms with Gasteiger partial charge in [-0.2, -0.15) is 0 Å². The van der Waals surface area contributed by atoms with Gasteiger partial charge >= 0.3 is 0 Å². The number of carbonyl (C=O) groups excluding carboxylic acids is 1. The Bertz CT molecular complexity index is 1040. The van der Waals surface area contributed by atoms with E-state index >= 15 is 0 Å². The fourth-order valence-corrected chi connectivity index (χ4v) is 3.61. The van der Waals surface area contributed by atoms with Gasteiger partial charge in [0.05, 0.1) is 4.90 Å². The summed E-state index contributed by atoms with van der Waals surface area (Å²) >= 11 is 0. The highest BCUT2D eigenvalue weighted by molar-refractivity contribution is 7.92. The highest BCUT2D eigenvalue weighted by Gasteiger charge is 2.16. The van der Waals surface area contributed by atoms with Gasteiger partial charge in [-0.15, -0.1) is 0 Å². The van der Waals surface area contributed by atoms with Crippen LogP contribution in [0, 0.1) is 0 Å². The van der Waals surface area contributed by atoms with Gasteiger partial charge < -0.3 is 4.90 Å². The lowest BCUT2D eigenvalue weighted by atomic mass is 10.1. The Morgan fingerprint density at radius 1 is 0.880 bits per heavy atom. The number of rotatable bonds is 4. The molecule has 0 aliphatic carbocycles. The molecule has 3 rings (SSSR count). The summed E-state index contributed by atoms with van der Waals surface area (Å²) in [4.78, 5) is 13.6. The molecule has 0 radical (unpaired) electrons. The average Bonchev–Trinajstić information content (AvgIpc) is 2.60. The van der Waals surface area contributed by atoms with Crippen molar-refractivity contribution >= 4 is 32.4 Å². The summed E-state index contributed by atoms with van der Waals surface area (Å²) in [6, 6.07) is 19.0. The van der Waals surface area contributed by atoms with E-state index in [0.29, 0.717) is 11.3 Å². The molecule has 0 atom stereocenters. The molecule has 0 aromatic heterocycles. The number of carbonyl (C=O) groups is 1. The smallest absolute Gasteiger partial charge is 0.261 e. The van der Waals surface area contributed by atoms with E-state index in [4.69, 9.17) is 0 Å². The molecule has 0 spiro atoms. The SMILES string of the molecule is CN(C)C(=O)c1cccc(NS(=O)(=O)c2ccc3ccccc3c2)c1. The first kappa shape index (κ1) is 17.0. The van der Waals surface area contributed by atoms with E-state index < -0.39 is 10.0 Å². The largest absolute Gasteiger partial charge is 0.345 e. The molecule has 0 aliphatic rings. The van der Waals surface area contributed by atoms with E-state index in [2.05, 4.69) is 4.72 Å². The molecule has 1 N–H and O–H groups in total. The molecule has 0 saturated heterocycles. The van der Waals surface area contributed by atoms with Gasteiger partial charge in [-0.1, -0.05) is 36.4 Å². The third kappa shape index (κ3) is 3.64. The van der Waals surface area contributed by atoms with Crippen LogP contribution in [-0.4, -0.2) is 33.3 Å². The second kappa shape index (κ2) is 6.57. The lowest BCUT2D eigenvalue weighted by Crippen LogP contribution is -2.22. The lowest BCUT2D eigenvalue weighted by molar-refractivity contribution is 0.0827. The van der Waals surface area contributed by atoms with Gasteiger partial charge in [0.15, 0.2) is 0 Å². The molecule has 0 fully saturated rings. The molecule has 1 amide bonds. The Hall–Kier alpha value is -2.86. The van der Waals surface area contributed by atoms with E-state index in [1.54, 1.807) is 50.5 Å². The zero-order valence-corrected chi connectivity index (χ0v) is 14.7. The molecule has 5 nitrogen and oxygen atoms in total. The second-order valence-corrected chi connectivity index (χ2v) is 7.58. The van der Waals surface area contributed by atoms with Crippen LogP contribution in [0.1, 0.15) is 10.4 Å². The van der Waals surface area contributed by atoms with E-state index in [9.17, 15) is 13.2 Å². The first-order valence-corrected chi connectivity index (χ1v) is 9.18. The number of nitrogens with zero attached hydrogens (tertiary/aromatic N) is 1. The fourth-order valence-electron chi connectivity index (χ4n) is 2.52. The molecule has 0 bridgehead atoms. The minimum absolute atomic E-state index is 0.176. The zero-order chi connectivity index (χ0) is 18.0. The zero-order valence-electron chi connectivity index (χ0n) is 13.9. The standard InChI is InChI=1S/C19H18N2O3S/c1-21(2)19(22)16-8-5-9-17(12-16)20-25(23,24)18-11-10-14-6-3-4-7-15(14)13-18/h3-13,20H,1-2H3. The number of benzene rings is 3. The lowest BCUT2D eigenvalue weighted by Gasteiger charge is -2.12. The summed E-state index contributed by atoms with van der Waals surface area (Å²) in [6.45, 7) is 0. The van der Waals surface area contributed by atoms with E-state index in [-0.39, 0.29) is 10.8 Å². The minimum Gasteiger partial charge on any atom is -0.345 e. The molecule has 0 aliphatic heterocycles. The van der Waals surface area contributed by atoms with Crippen molar-refractivity contribution in [2.45, 2.75) is 4.90 Å². The highest BCUT2D eigenvalue weighted by Crippen LogP contribution is 2.22. The Kier molecular flexibility index (Phi) is 4.46. The highest BCUT2D eigenvalue weighted by atomic mass is 32.2. The number of nitrogens with one attached hydrogen (secondary N) is 1. The maximum Gasteiger partial charge on any atom is 0.261 e. The van der Waals surface area contributed by atoms with Gasteiger partial charge in [-0.3, -0.25) is 9.52 Å². The summed E-state index contributed by atoms with van der Waals surface area (Å²) in [5.41, 5.74) is 0.768. The van der Waals surface area contributed by atoms with Crippen LogP contribution in [0.4, 0.5) is 5.69 Å². The first-order chi connectivity index (χ1) is 11.9. The Labute approximate surface area is 146 Å². The molecular weight excluding hydrogens is 336 g/mol. The number of fused-ring (bicyclic) bond motifs is 1. The van der Waals surface area contributed by atoms with Gasteiger partial charge in [0.1, 0.15) is 0 Å². The van der Waals surface area contributed by atoms with Crippen LogP contribution < -0.4 is 4.72 Å². The van der Waals surface area contributed by atoms with E-state index in [1.807, 2.05) is 24.3 Å². The second-order valence-electron chi connectivity index (χ2n) is 5.89. The summed E-state index contributed by atoms with van der Waals surface area (Å²) in [5.74, 6) is -0.188. The van der Waals surface area contributed by atoms with Crippen molar-refractivity contribution in [1.29, 1.82) is 0 Å². The van der Waals surface area contributed by atoms with Crippen molar-refractivity contribution < 1.29 is 13.2 Å². The van der Waals surface area contributed by atoms with Crippen LogP contribution in [0.5, 0.6) is 0 Å². The third-order valence-corrected chi connectivity index (χ3v) is 5.18. The molecule has 0 saturated carbocycles. The van der Waals surface area contributed by atoms with E-state index in [1.165, 1.54) is 11.0 Å². The van der Waals surface area contributed by atoms with Gasteiger partial charge in [0.25, 0.3) is 15.9 Å². The molecule has 128 valence electrons. The van der Waals surface area contributed by atoms with Crippen LogP contribution >= 0.6 is 0 Å². The number of sulfonamides is 1. The summed E-state index contributed by atoms with van der Waals surface area (Å²) in [5, 5.41) is 1.82. The number of hydrogen-bond acceptors (Lipinski definition) is 3. The molecule has 6 heteroatoms. The third-order valence-electron chi connectivity index (χ3n) is 3.80. The summed E-state index contributed by atoms with van der Waals surface area (Å²) < 4.78 is 27.8. The van der Waals surface area contributed by atoms with Crippen molar-refractivity contribution in [2.75, 3.05) is 18.8 Å². The normalized spacial score (nSPS) is 11.3. The first-order valence-electron chi connectivity index (χ1n) is 7.70. The summed E-state index contributed by atoms with van der Waals surface area (Å²) in [7, 11) is -0.448. The predicted octanol–water partition coefficient (Wildman–Crippen LogP) is 3.34. The molecular formula is C19H18N2O3S. The topological polar surface area (TPSA) is 66.5 Å². The maximum atomic E-state index is 12.7. The van der Waals surface area contributed by atoms with Crippen LogP contribution in [-0.2, 0) is 10.0 Å². The van der Waals surface area contributed by atoms with Crippen molar-refractivity contribution in [1.82, 2.24) is 4.90 Å². The Balaban J connectivity index is 1.93. The van der Waals surface area contributed by atoms with Crippen molar-refractivity contribution in [3.63, 3.8) is 0 Å². The van der Waals surface area contributed by atoms with Crippen LogP contribution in [0.15, 0.2) is 71.6 Å². The maximum absolute atomic E-state index is 12.7. The van der Waals surface area contributed by atoms with Crippen LogP contribution in [0.2, 0.25) is 0 Å². The molecule has 3 aromatic carbocycles. The van der Waals surface area contributed by atoms with Gasteiger partial charge in [0.2, 0.25) is 0 Å². The predicted molar refractivity (Wildman–Crippen MR) is 99.2 cm³/mol. The number of amides is 1. The Morgan fingerprint density at radius 2 is 1.60 bits per heavy atom. The van der Waals surface area contributed by atoms with Gasteiger partial charge in [-0.05, 0) is 41.1 Å². The summed E-state index contributed by atoms with van der Waals surface area (Å²) in [6.07, 6.45) is 0. The number of hydrogen-bond donors (Lipinski definition) is 1. The Morgan fingerprint density at radius 3 is 2.32 bits per heavy atom. The van der Waals surface area contributed by atoms with Crippen molar-refractivity contribution in [3.05, 3.63) is 72.3 Å². The van der Waals surface area contributed by atoms with Crippen LogP contribution in [0.3, 0.4) is 0 Å². The van der Waals surface area contributed by atoms with Crippen molar-refractivity contribution in [3.8, 4) is 0 Å². The molecule has 0 heterocycles. The van der Waals surface area contributed by atoms with Crippen molar-refractivity contribution in [2.24, 2.45) is 0 Å². The molecule has 0 unspecified atom stereocenters. The molecule has 25 heavy (non-hydrogen) atoms.